The Morgan fingerprint density at radius 3 is 2.57 bits per heavy atom. The molecule has 0 aromatic carbocycles. The fourth-order valence-corrected chi connectivity index (χ4v) is 0.448. The Morgan fingerprint density at radius 1 is 1.43 bits per heavy atom. The van der Waals surface area contributed by atoms with E-state index in [0.29, 0.717) is 0 Å². The SMILES string of the molecule is [Li][c]1ccccn1. The van der Waals surface area contributed by atoms with Gasteiger partial charge in [0.25, 0.3) is 0 Å². The van der Waals surface area contributed by atoms with Crippen molar-refractivity contribution in [2.75, 3.05) is 0 Å². The van der Waals surface area contributed by atoms with E-state index in [4.69, 9.17) is 0 Å². The summed E-state index contributed by atoms with van der Waals surface area (Å²) in [5, 5.41) is 0. The molecule has 0 atom stereocenters. The topological polar surface area (TPSA) is 12.9 Å². The number of pyridine rings is 1. The summed E-state index contributed by atoms with van der Waals surface area (Å²) in [5.41, 5.74) is 0. The molecule has 0 aliphatic carbocycles. The van der Waals surface area contributed by atoms with Crippen LogP contribution in [0.2, 0.25) is 0 Å². The zero-order valence-corrected chi connectivity index (χ0v) is 4.26. The maximum atomic E-state index is 3.98. The van der Waals surface area contributed by atoms with E-state index in [-0.39, 0.29) is 0 Å². The number of hydrogen-bond donors (Lipinski definition) is 0. The molecule has 7 heavy (non-hydrogen) atoms. The van der Waals surface area contributed by atoms with Gasteiger partial charge in [0.2, 0.25) is 0 Å². The van der Waals surface area contributed by atoms with Crippen LogP contribution in [0.3, 0.4) is 0 Å². The summed E-state index contributed by atoms with van der Waals surface area (Å²) in [6, 6.07) is 5.86. The first-order valence-corrected chi connectivity index (χ1v) is 2.27. The molecule has 0 fully saturated rings. The fraction of sp³-hybridized carbons (Fsp3) is 0. The molecule has 0 unspecified atom stereocenters. The van der Waals surface area contributed by atoms with Gasteiger partial charge in [0.1, 0.15) is 0 Å². The Hall–Kier alpha value is -0.253. The Bertz CT molecular complexity index is 138. The van der Waals surface area contributed by atoms with Crippen LogP contribution in [-0.2, 0) is 0 Å². The summed E-state index contributed by atoms with van der Waals surface area (Å²) in [7, 11) is 0. The van der Waals surface area contributed by atoms with E-state index >= 15 is 0 Å². The molecule has 1 aromatic heterocycles. The van der Waals surface area contributed by atoms with E-state index in [1.807, 2.05) is 35.9 Å². The van der Waals surface area contributed by atoms with Gasteiger partial charge in [-0.15, -0.1) is 0 Å². The minimum atomic E-state index is 1.07. The second-order valence-corrected chi connectivity index (χ2v) is 1.47. The van der Waals surface area contributed by atoms with Crippen LogP contribution in [0.4, 0.5) is 0 Å². The van der Waals surface area contributed by atoms with E-state index in [0.717, 1.165) is 4.37 Å². The van der Waals surface area contributed by atoms with Gasteiger partial charge < -0.3 is 0 Å². The predicted octanol–water partition coefficient (Wildman–Crippen LogP) is -0.125. The molecule has 0 saturated heterocycles. The first-order chi connectivity index (χ1) is 3.39. The van der Waals surface area contributed by atoms with Crippen LogP contribution in [0.15, 0.2) is 24.4 Å². The molecule has 30 valence electrons. The van der Waals surface area contributed by atoms with Crippen molar-refractivity contribution in [3.05, 3.63) is 24.4 Å². The summed E-state index contributed by atoms with van der Waals surface area (Å²) >= 11 is 1.97. The summed E-state index contributed by atoms with van der Waals surface area (Å²) < 4.78 is 1.07. The average Bonchev–Trinajstić information content (AvgIpc) is 1.69. The van der Waals surface area contributed by atoms with Crippen molar-refractivity contribution in [3.63, 3.8) is 0 Å². The Morgan fingerprint density at radius 2 is 2.29 bits per heavy atom. The quantitative estimate of drug-likeness (QED) is 0.400. The fourth-order valence-electron chi connectivity index (χ4n) is 0.448. The van der Waals surface area contributed by atoms with Crippen LogP contribution in [0.1, 0.15) is 0 Å². The molecule has 0 amide bonds. The van der Waals surface area contributed by atoms with E-state index in [1.165, 1.54) is 0 Å². The van der Waals surface area contributed by atoms with E-state index in [2.05, 4.69) is 4.98 Å². The normalized spacial score (nSPS) is 8.86. The third-order valence-corrected chi connectivity index (χ3v) is 0.813. The zero-order valence-electron chi connectivity index (χ0n) is 4.26. The van der Waals surface area contributed by atoms with Crippen molar-refractivity contribution in [3.8, 4) is 0 Å². The van der Waals surface area contributed by atoms with Crippen molar-refractivity contribution < 1.29 is 0 Å². The van der Waals surface area contributed by atoms with E-state index in [1.54, 1.807) is 6.20 Å². The predicted molar refractivity (Wildman–Crippen MR) is 29.6 cm³/mol. The second-order valence-electron chi connectivity index (χ2n) is 1.47. The van der Waals surface area contributed by atoms with Crippen LogP contribution < -0.4 is 4.37 Å². The van der Waals surface area contributed by atoms with Gasteiger partial charge in [0.05, 0.1) is 0 Å². The van der Waals surface area contributed by atoms with Gasteiger partial charge in [0, 0.05) is 0 Å². The molecule has 1 rings (SSSR count). The zero-order chi connectivity index (χ0) is 5.11. The van der Waals surface area contributed by atoms with Crippen LogP contribution in [0.5, 0.6) is 0 Å². The number of aromatic nitrogens is 1. The maximum absolute atomic E-state index is 3.98. The minimum absolute atomic E-state index is 1.07. The number of hydrogen-bond acceptors (Lipinski definition) is 1. The molecule has 2 heteroatoms. The van der Waals surface area contributed by atoms with Crippen molar-refractivity contribution in [1.82, 2.24) is 4.98 Å². The molecule has 0 N–H and O–H groups in total. The van der Waals surface area contributed by atoms with Gasteiger partial charge in [-0.25, -0.2) is 0 Å². The summed E-state index contributed by atoms with van der Waals surface area (Å²) in [5.74, 6) is 0. The first-order valence-electron chi connectivity index (χ1n) is 2.27. The third kappa shape index (κ3) is 1.34. The Labute approximate surface area is 52.0 Å². The molecular weight excluding hydrogens is 81.0 g/mol. The first kappa shape index (κ1) is 4.90. The Balaban J connectivity index is 3.02. The Kier molecular flexibility index (Phi) is 1.51. The van der Waals surface area contributed by atoms with Gasteiger partial charge in [-0.05, 0) is 0 Å². The molecule has 0 radical (unpaired) electrons. The molecule has 0 spiro atoms. The van der Waals surface area contributed by atoms with Gasteiger partial charge in [-0.1, -0.05) is 0 Å². The molecule has 0 saturated carbocycles. The monoisotopic (exact) mass is 85.1 g/mol. The van der Waals surface area contributed by atoms with Crippen molar-refractivity contribution in [1.29, 1.82) is 0 Å². The molecule has 0 aliphatic heterocycles. The van der Waals surface area contributed by atoms with Gasteiger partial charge >= 0.3 is 51.5 Å². The van der Waals surface area contributed by atoms with Crippen molar-refractivity contribution in [2.45, 2.75) is 0 Å². The standard InChI is InChI=1S/C5H4N.Li/c1-2-4-6-5-3-1;/h1-4H;. The summed E-state index contributed by atoms with van der Waals surface area (Å²) in [6.07, 6.45) is 1.79. The molecular formula is C5H4LiN. The van der Waals surface area contributed by atoms with Crippen molar-refractivity contribution in [2.24, 2.45) is 0 Å². The third-order valence-electron chi connectivity index (χ3n) is 0.813. The average molecular weight is 85.0 g/mol. The van der Waals surface area contributed by atoms with E-state index in [9.17, 15) is 0 Å². The summed E-state index contributed by atoms with van der Waals surface area (Å²) in [6.45, 7) is 0. The van der Waals surface area contributed by atoms with Gasteiger partial charge in [-0.3, -0.25) is 0 Å². The molecule has 1 aromatic rings. The van der Waals surface area contributed by atoms with Crippen LogP contribution in [0.25, 0.3) is 0 Å². The van der Waals surface area contributed by atoms with E-state index < -0.39 is 0 Å². The van der Waals surface area contributed by atoms with Crippen LogP contribution in [0, 0.1) is 0 Å². The van der Waals surface area contributed by atoms with Gasteiger partial charge in [-0.2, -0.15) is 0 Å². The van der Waals surface area contributed by atoms with Crippen LogP contribution >= 0.6 is 0 Å². The second kappa shape index (κ2) is 2.16. The molecule has 0 bridgehead atoms. The molecule has 1 heterocycles. The van der Waals surface area contributed by atoms with Gasteiger partial charge in [0.15, 0.2) is 0 Å². The molecule has 0 aliphatic rings. The van der Waals surface area contributed by atoms with Crippen LogP contribution in [-0.4, -0.2) is 22.7 Å². The molecule has 1 nitrogen and oxygen atoms in total. The summed E-state index contributed by atoms with van der Waals surface area (Å²) in [4.78, 5) is 3.98. The van der Waals surface area contributed by atoms with Crippen molar-refractivity contribution >= 4 is 22.1 Å². The number of nitrogens with zero attached hydrogens (tertiary/aromatic N) is 1. The number of rotatable bonds is 0.